The van der Waals surface area contributed by atoms with E-state index in [1.165, 1.54) is 32.4 Å². The van der Waals surface area contributed by atoms with Crippen LogP contribution in [0.5, 0.6) is 17.2 Å². The second-order valence-electron chi connectivity index (χ2n) is 10.1. The van der Waals surface area contributed by atoms with Crippen LogP contribution in [0.25, 0.3) is 22.1 Å². The van der Waals surface area contributed by atoms with E-state index in [9.17, 15) is 40.5 Å². The maximum atomic E-state index is 13.2. The summed E-state index contributed by atoms with van der Waals surface area (Å²) in [7, 11) is 1.52. The van der Waals surface area contributed by atoms with Gasteiger partial charge in [-0.15, -0.1) is 0 Å². The minimum Gasteiger partial charge on any atom is -0.502 e. The van der Waals surface area contributed by atoms with Gasteiger partial charge in [-0.05, 0) is 36.8 Å². The van der Waals surface area contributed by atoms with Gasteiger partial charge in [-0.2, -0.15) is 0 Å². The van der Waals surface area contributed by atoms with Crippen LogP contribution in [-0.2, 0) is 14.2 Å². The summed E-state index contributed by atoms with van der Waals surface area (Å²) < 4.78 is 33.2. The van der Waals surface area contributed by atoms with Gasteiger partial charge >= 0.3 is 0 Å². The molecular formula is C28H32O14. The molecule has 0 aliphatic carbocycles. The SMILES string of the molecule is COc1ccc(-c2coc3c(O)c(O[C@@H]4O[C@H](CO)[C@@H](O)[C@H](O)[C@H]4O[C@@H]4O[C@@H](C)[C@H](O)[C@@H](O)[C@H]4O)ccc3c2=O)cc1. The summed E-state index contributed by atoms with van der Waals surface area (Å²) in [6, 6.07) is 9.33. The molecule has 3 aromatic rings. The van der Waals surface area contributed by atoms with Crippen molar-refractivity contribution in [2.24, 2.45) is 0 Å². The van der Waals surface area contributed by atoms with Crippen molar-refractivity contribution in [2.75, 3.05) is 13.7 Å². The minimum atomic E-state index is -1.76. The predicted octanol–water partition coefficient (Wildman–Crippen LogP) is -0.795. The largest absolute Gasteiger partial charge is 0.502 e. The first-order chi connectivity index (χ1) is 20.0. The highest BCUT2D eigenvalue weighted by atomic mass is 16.8. The van der Waals surface area contributed by atoms with Gasteiger partial charge in [-0.1, -0.05) is 12.1 Å². The van der Waals surface area contributed by atoms with E-state index in [1.54, 1.807) is 24.3 Å². The molecule has 0 unspecified atom stereocenters. The number of aromatic hydroxyl groups is 1. The van der Waals surface area contributed by atoms with E-state index in [-0.39, 0.29) is 22.3 Å². The number of benzene rings is 2. The third-order valence-electron chi connectivity index (χ3n) is 7.45. The van der Waals surface area contributed by atoms with E-state index in [0.717, 1.165) is 0 Å². The molecule has 1 aromatic heterocycles. The van der Waals surface area contributed by atoms with Crippen LogP contribution < -0.4 is 14.9 Å². The number of methoxy groups -OCH3 is 1. The Morgan fingerprint density at radius 1 is 0.857 bits per heavy atom. The number of phenols is 1. The van der Waals surface area contributed by atoms with E-state index >= 15 is 0 Å². The normalized spacial score (nSPS) is 33.4. The van der Waals surface area contributed by atoms with Gasteiger partial charge < -0.3 is 63.8 Å². The van der Waals surface area contributed by atoms with E-state index in [4.69, 9.17) is 28.1 Å². The maximum Gasteiger partial charge on any atom is 0.229 e. The van der Waals surface area contributed by atoms with E-state index < -0.39 is 79.2 Å². The monoisotopic (exact) mass is 592 g/mol. The van der Waals surface area contributed by atoms with E-state index in [1.807, 2.05) is 0 Å². The highest BCUT2D eigenvalue weighted by Gasteiger charge is 2.51. The van der Waals surface area contributed by atoms with E-state index in [0.29, 0.717) is 11.3 Å². The standard InChI is InChI=1S/C28H32O14/c1-11-18(30)22(34)24(36)27(39-11)42-26-23(35)20(32)17(9-29)41-28(26)40-16-8-7-14-19(31)15(10-38-25(14)21(16)33)12-3-5-13(37-2)6-4-12/h3-8,10-11,17-18,20,22-24,26-30,32-36H,9H2,1-2H3/t11-,17+,18-,20+,22+,23-,24+,26+,27-,28+/m0/s1. The molecule has 0 amide bonds. The van der Waals surface area contributed by atoms with Crippen LogP contribution in [0.3, 0.4) is 0 Å². The molecule has 3 heterocycles. The number of aliphatic hydroxyl groups excluding tert-OH is 6. The summed E-state index contributed by atoms with van der Waals surface area (Å²) in [4.78, 5) is 13.2. The second-order valence-corrected chi connectivity index (χ2v) is 10.1. The Morgan fingerprint density at radius 2 is 1.57 bits per heavy atom. The van der Waals surface area contributed by atoms with Crippen LogP contribution in [0.4, 0.5) is 0 Å². The molecule has 2 fully saturated rings. The highest BCUT2D eigenvalue weighted by Crippen LogP contribution is 2.38. The van der Waals surface area contributed by atoms with E-state index in [2.05, 4.69) is 0 Å². The molecule has 2 aliphatic rings. The van der Waals surface area contributed by atoms with Crippen LogP contribution in [0.15, 0.2) is 51.9 Å². The van der Waals surface area contributed by atoms with Crippen LogP contribution in [-0.4, -0.2) is 111 Å². The van der Waals surface area contributed by atoms with Crippen LogP contribution in [0.1, 0.15) is 6.92 Å². The van der Waals surface area contributed by atoms with Gasteiger partial charge in [0, 0.05) is 0 Å². The molecular weight excluding hydrogens is 560 g/mol. The molecule has 5 rings (SSSR count). The van der Waals surface area contributed by atoms with Crippen molar-refractivity contribution in [1.29, 1.82) is 0 Å². The van der Waals surface area contributed by atoms with Gasteiger partial charge in [0.2, 0.25) is 17.5 Å². The summed E-state index contributed by atoms with van der Waals surface area (Å²) in [6.45, 7) is 0.706. The zero-order chi connectivity index (χ0) is 30.3. The van der Waals surface area contributed by atoms with Gasteiger partial charge in [-0.3, -0.25) is 4.79 Å². The van der Waals surface area contributed by atoms with Crippen LogP contribution >= 0.6 is 0 Å². The predicted molar refractivity (Wildman–Crippen MR) is 142 cm³/mol. The smallest absolute Gasteiger partial charge is 0.229 e. The van der Waals surface area contributed by atoms with Crippen molar-refractivity contribution in [3.8, 4) is 28.4 Å². The van der Waals surface area contributed by atoms with Crippen molar-refractivity contribution in [2.45, 2.75) is 68.3 Å². The molecule has 228 valence electrons. The number of hydrogen-bond acceptors (Lipinski definition) is 14. The Kier molecular flexibility index (Phi) is 8.71. The topological polar surface area (TPSA) is 218 Å². The average molecular weight is 593 g/mol. The number of aliphatic hydroxyl groups is 6. The van der Waals surface area contributed by atoms with Gasteiger partial charge in [0.1, 0.15) is 48.6 Å². The molecule has 0 saturated carbocycles. The molecule has 14 nitrogen and oxygen atoms in total. The molecule has 10 atom stereocenters. The molecule has 14 heteroatoms. The van der Waals surface area contributed by atoms with Gasteiger partial charge in [0.15, 0.2) is 23.7 Å². The van der Waals surface area contributed by atoms with Crippen LogP contribution in [0.2, 0.25) is 0 Å². The number of phenolic OH excluding ortho intramolecular Hbond substituents is 1. The lowest BCUT2D eigenvalue weighted by molar-refractivity contribution is -0.354. The molecule has 2 aliphatic heterocycles. The lowest BCUT2D eigenvalue weighted by Gasteiger charge is -2.45. The number of rotatable bonds is 7. The van der Waals surface area contributed by atoms with Gasteiger partial charge in [0.05, 0.1) is 30.8 Å². The Morgan fingerprint density at radius 3 is 2.24 bits per heavy atom. The minimum absolute atomic E-state index is 0.0366. The highest BCUT2D eigenvalue weighted by molar-refractivity contribution is 5.87. The third kappa shape index (κ3) is 5.44. The quantitative estimate of drug-likeness (QED) is 0.179. The number of hydrogen-bond donors (Lipinski definition) is 7. The zero-order valence-corrected chi connectivity index (χ0v) is 22.5. The summed E-state index contributed by atoms with van der Waals surface area (Å²) in [5.41, 5.74) is 0.149. The fourth-order valence-corrected chi connectivity index (χ4v) is 4.93. The molecule has 42 heavy (non-hydrogen) atoms. The average Bonchev–Trinajstić information content (AvgIpc) is 2.99. The zero-order valence-electron chi connectivity index (χ0n) is 22.5. The second kappa shape index (κ2) is 12.1. The molecule has 2 saturated heterocycles. The molecule has 0 spiro atoms. The van der Waals surface area contributed by atoms with Crippen LogP contribution in [0, 0.1) is 0 Å². The lowest BCUT2D eigenvalue weighted by atomic mass is 9.97. The van der Waals surface area contributed by atoms with Gasteiger partial charge in [-0.25, -0.2) is 0 Å². The van der Waals surface area contributed by atoms with Crippen molar-refractivity contribution in [3.63, 3.8) is 0 Å². The molecule has 0 bridgehead atoms. The first-order valence-corrected chi connectivity index (χ1v) is 13.1. The Labute approximate surface area is 238 Å². The first-order valence-electron chi connectivity index (χ1n) is 13.1. The Balaban J connectivity index is 1.45. The lowest BCUT2D eigenvalue weighted by Crippen LogP contribution is -2.64. The first kappa shape index (κ1) is 30.2. The number of fused-ring (bicyclic) bond motifs is 1. The Bertz CT molecular complexity index is 1440. The molecule has 2 aromatic carbocycles. The molecule has 0 radical (unpaired) electrons. The fourth-order valence-electron chi connectivity index (χ4n) is 4.93. The summed E-state index contributed by atoms with van der Waals surface area (Å²) in [5.74, 6) is -0.254. The summed E-state index contributed by atoms with van der Waals surface area (Å²) >= 11 is 0. The van der Waals surface area contributed by atoms with Crippen molar-refractivity contribution < 1.29 is 63.8 Å². The van der Waals surface area contributed by atoms with Crippen molar-refractivity contribution >= 4 is 11.0 Å². The fraction of sp³-hybridized carbons (Fsp3) is 0.464. The summed E-state index contributed by atoms with van der Waals surface area (Å²) in [5, 5.41) is 72.4. The maximum absolute atomic E-state index is 13.2. The summed E-state index contributed by atoms with van der Waals surface area (Å²) in [6.07, 6.45) is -14.2. The third-order valence-corrected chi connectivity index (χ3v) is 7.45. The van der Waals surface area contributed by atoms with Gasteiger partial charge in [0.25, 0.3) is 0 Å². The number of ether oxygens (including phenoxy) is 5. The Hall–Kier alpha value is -3.31. The molecule has 7 N–H and O–H groups in total. The van der Waals surface area contributed by atoms with Crippen molar-refractivity contribution in [1.82, 2.24) is 0 Å². The van der Waals surface area contributed by atoms with Crippen molar-refractivity contribution in [3.05, 3.63) is 52.9 Å².